The molecule has 2 atom stereocenters. The molecule has 2 fully saturated rings. The molecular formula is C28H39N5O4. The Balaban J connectivity index is 1.73. The number of aromatic nitrogens is 1. The number of nitrogens with zero attached hydrogens (tertiary/aromatic N) is 4. The van der Waals surface area contributed by atoms with Crippen molar-refractivity contribution in [2.24, 2.45) is 17.6 Å². The summed E-state index contributed by atoms with van der Waals surface area (Å²) in [5.41, 5.74) is 6.75. The Morgan fingerprint density at radius 3 is 2.41 bits per heavy atom. The SMILES string of the molecule is CC(C)C[C@H]1ON(C(=O)/C=C/c2ccccn2)C2=CN(C3CCC(N)CC3)C(=O)[C@H](CC(C)C)N2C1=O. The molecule has 0 unspecified atom stereocenters. The van der Waals surface area contributed by atoms with Gasteiger partial charge in [-0.25, -0.2) is 0 Å². The highest BCUT2D eigenvalue weighted by Gasteiger charge is 2.50. The van der Waals surface area contributed by atoms with Gasteiger partial charge in [-0.2, -0.15) is 5.06 Å². The number of carbonyl (C=O) groups is 3. The smallest absolute Gasteiger partial charge is 0.276 e. The molecule has 4 rings (SSSR count). The lowest BCUT2D eigenvalue weighted by atomic mass is 9.89. The minimum atomic E-state index is -0.856. The van der Waals surface area contributed by atoms with Gasteiger partial charge < -0.3 is 10.6 Å². The van der Waals surface area contributed by atoms with Crippen molar-refractivity contribution in [1.82, 2.24) is 19.8 Å². The molecular weight excluding hydrogens is 470 g/mol. The van der Waals surface area contributed by atoms with Gasteiger partial charge in [-0.05, 0) is 68.6 Å². The summed E-state index contributed by atoms with van der Waals surface area (Å²) in [6, 6.07) is 4.85. The quantitative estimate of drug-likeness (QED) is 0.564. The van der Waals surface area contributed by atoms with Crippen LogP contribution in [0.15, 0.2) is 42.5 Å². The number of hydroxylamine groups is 2. The summed E-state index contributed by atoms with van der Waals surface area (Å²) < 4.78 is 0. The van der Waals surface area contributed by atoms with Crippen molar-refractivity contribution in [1.29, 1.82) is 0 Å². The molecule has 3 heterocycles. The Bertz CT molecular complexity index is 1050. The maximum absolute atomic E-state index is 13.8. The minimum absolute atomic E-state index is 0.0267. The molecule has 3 aliphatic rings. The standard InChI is InChI=1S/C28H39N5O4/c1-18(2)15-23-27(35)31(22-11-8-20(29)9-12-22)17-25-32(23)28(36)24(16-19(3)4)37-33(25)26(34)13-10-21-7-5-6-14-30-21/h5-7,10,13-14,17-20,22-24H,8-9,11-12,15-16,29H2,1-4H3/b13-10+/t20?,22?,23-,24+/m0/s1. The van der Waals surface area contributed by atoms with Crippen LogP contribution in [0.1, 0.15) is 71.9 Å². The third-order valence-electron chi connectivity index (χ3n) is 7.11. The minimum Gasteiger partial charge on any atom is -0.328 e. The van der Waals surface area contributed by atoms with Gasteiger partial charge in [-0.1, -0.05) is 33.8 Å². The number of hydrogen-bond donors (Lipinski definition) is 1. The third-order valence-corrected chi connectivity index (χ3v) is 7.11. The van der Waals surface area contributed by atoms with Gasteiger partial charge in [0.05, 0.1) is 11.9 Å². The van der Waals surface area contributed by atoms with E-state index in [-0.39, 0.29) is 35.7 Å². The molecule has 1 aromatic heterocycles. The fourth-order valence-corrected chi connectivity index (χ4v) is 5.24. The number of rotatable bonds is 7. The second kappa shape index (κ2) is 11.6. The van der Waals surface area contributed by atoms with E-state index in [4.69, 9.17) is 10.6 Å². The van der Waals surface area contributed by atoms with Crippen molar-refractivity contribution >= 4 is 23.8 Å². The molecule has 1 saturated heterocycles. The van der Waals surface area contributed by atoms with Crippen LogP contribution in [-0.2, 0) is 19.2 Å². The summed E-state index contributed by atoms with van der Waals surface area (Å²) in [7, 11) is 0. The number of amides is 3. The van der Waals surface area contributed by atoms with Crippen molar-refractivity contribution in [3.63, 3.8) is 0 Å². The van der Waals surface area contributed by atoms with Gasteiger partial charge in [0, 0.05) is 24.4 Å². The monoisotopic (exact) mass is 509 g/mol. The molecule has 1 aliphatic carbocycles. The van der Waals surface area contributed by atoms with E-state index >= 15 is 0 Å². The predicted octanol–water partition coefficient (Wildman–Crippen LogP) is 3.44. The first kappa shape index (κ1) is 27.0. The second-order valence-electron chi connectivity index (χ2n) is 11.1. The number of carbonyl (C=O) groups excluding carboxylic acids is 3. The summed E-state index contributed by atoms with van der Waals surface area (Å²) in [6.45, 7) is 8.06. The van der Waals surface area contributed by atoms with E-state index in [0.29, 0.717) is 24.4 Å². The van der Waals surface area contributed by atoms with Gasteiger partial charge in [0.2, 0.25) is 5.91 Å². The summed E-state index contributed by atoms with van der Waals surface area (Å²) in [6.07, 6.45) is 9.59. The highest BCUT2D eigenvalue weighted by molar-refractivity contribution is 5.97. The largest absolute Gasteiger partial charge is 0.328 e. The molecule has 9 heteroatoms. The zero-order valence-electron chi connectivity index (χ0n) is 22.2. The van der Waals surface area contributed by atoms with Crippen LogP contribution in [0.5, 0.6) is 0 Å². The number of hydrogen-bond acceptors (Lipinski definition) is 6. The van der Waals surface area contributed by atoms with Gasteiger partial charge >= 0.3 is 0 Å². The highest BCUT2D eigenvalue weighted by atomic mass is 16.7. The van der Waals surface area contributed by atoms with Crippen molar-refractivity contribution in [3.05, 3.63) is 48.2 Å². The normalized spacial score (nSPS) is 26.8. The molecule has 2 N–H and O–H groups in total. The molecule has 0 aromatic carbocycles. The van der Waals surface area contributed by atoms with Crippen LogP contribution in [0.2, 0.25) is 0 Å². The van der Waals surface area contributed by atoms with E-state index < -0.39 is 18.1 Å². The average Bonchev–Trinajstić information content (AvgIpc) is 2.86. The predicted molar refractivity (Wildman–Crippen MR) is 140 cm³/mol. The maximum atomic E-state index is 13.8. The first-order chi connectivity index (χ1) is 17.7. The molecule has 1 saturated carbocycles. The molecule has 37 heavy (non-hydrogen) atoms. The maximum Gasteiger partial charge on any atom is 0.276 e. The van der Waals surface area contributed by atoms with Crippen LogP contribution in [0.25, 0.3) is 6.08 Å². The Labute approximate surface area is 219 Å². The van der Waals surface area contributed by atoms with E-state index in [0.717, 1.165) is 25.7 Å². The van der Waals surface area contributed by atoms with Crippen molar-refractivity contribution in [2.45, 2.75) is 90.4 Å². The van der Waals surface area contributed by atoms with E-state index in [9.17, 15) is 14.4 Å². The first-order valence-electron chi connectivity index (χ1n) is 13.4. The molecule has 1 aromatic rings. The lowest BCUT2D eigenvalue weighted by Gasteiger charge is -2.49. The summed E-state index contributed by atoms with van der Waals surface area (Å²) in [4.78, 5) is 54.6. The molecule has 200 valence electrons. The van der Waals surface area contributed by atoms with E-state index in [1.807, 2.05) is 33.8 Å². The van der Waals surface area contributed by atoms with Crippen LogP contribution >= 0.6 is 0 Å². The van der Waals surface area contributed by atoms with E-state index in [1.54, 1.807) is 35.5 Å². The molecule has 2 aliphatic heterocycles. The second-order valence-corrected chi connectivity index (χ2v) is 11.1. The van der Waals surface area contributed by atoms with E-state index in [1.165, 1.54) is 16.0 Å². The molecule has 0 bridgehead atoms. The van der Waals surface area contributed by atoms with E-state index in [2.05, 4.69) is 4.98 Å². The number of fused-ring (bicyclic) bond motifs is 1. The Kier molecular flexibility index (Phi) is 8.44. The van der Waals surface area contributed by atoms with Gasteiger partial charge in [0.1, 0.15) is 6.04 Å². The van der Waals surface area contributed by atoms with Gasteiger partial charge in [0.25, 0.3) is 11.8 Å². The lowest BCUT2D eigenvalue weighted by molar-refractivity contribution is -0.226. The fourth-order valence-electron chi connectivity index (χ4n) is 5.24. The Morgan fingerprint density at radius 2 is 1.78 bits per heavy atom. The summed E-state index contributed by atoms with van der Waals surface area (Å²) >= 11 is 0. The zero-order valence-corrected chi connectivity index (χ0v) is 22.2. The third kappa shape index (κ3) is 6.10. The number of nitrogens with two attached hydrogens (primary N) is 1. The van der Waals surface area contributed by atoms with Crippen LogP contribution in [0.3, 0.4) is 0 Å². The Hall–Kier alpha value is -3.04. The van der Waals surface area contributed by atoms with Gasteiger partial charge in [0.15, 0.2) is 11.9 Å². The molecule has 0 radical (unpaired) electrons. The molecule has 3 amide bonds. The number of pyridine rings is 1. The van der Waals surface area contributed by atoms with Crippen LogP contribution in [0.4, 0.5) is 0 Å². The van der Waals surface area contributed by atoms with Crippen LogP contribution in [-0.4, -0.2) is 61.8 Å². The fraction of sp³-hybridized carbons (Fsp3) is 0.571. The molecule has 0 spiro atoms. The van der Waals surface area contributed by atoms with Gasteiger partial charge in [-0.3, -0.25) is 29.1 Å². The summed E-state index contributed by atoms with van der Waals surface area (Å²) in [5.74, 6) is -0.197. The van der Waals surface area contributed by atoms with Crippen molar-refractivity contribution < 1.29 is 19.2 Å². The first-order valence-corrected chi connectivity index (χ1v) is 13.4. The molecule has 9 nitrogen and oxygen atoms in total. The van der Waals surface area contributed by atoms with Crippen LogP contribution < -0.4 is 5.73 Å². The Morgan fingerprint density at radius 1 is 1.08 bits per heavy atom. The van der Waals surface area contributed by atoms with Crippen LogP contribution in [0, 0.1) is 11.8 Å². The zero-order chi connectivity index (χ0) is 26.7. The topological polar surface area (TPSA) is 109 Å². The average molecular weight is 510 g/mol. The van der Waals surface area contributed by atoms with Crippen molar-refractivity contribution in [2.75, 3.05) is 0 Å². The highest BCUT2D eigenvalue weighted by Crippen LogP contribution is 2.36. The summed E-state index contributed by atoms with van der Waals surface area (Å²) in [5, 5.41) is 1.19. The lowest BCUT2D eigenvalue weighted by Crippen LogP contribution is -2.64. The van der Waals surface area contributed by atoms with Gasteiger partial charge in [-0.15, -0.1) is 0 Å². The van der Waals surface area contributed by atoms with Crippen molar-refractivity contribution in [3.8, 4) is 0 Å².